The van der Waals surface area contributed by atoms with Crippen molar-refractivity contribution < 1.29 is 14.3 Å². The van der Waals surface area contributed by atoms with Crippen LogP contribution in [0.2, 0.25) is 0 Å². The van der Waals surface area contributed by atoms with Gasteiger partial charge in [0, 0.05) is 4.88 Å². The van der Waals surface area contributed by atoms with Crippen LogP contribution >= 0.6 is 22.7 Å². The molecule has 0 fully saturated rings. The van der Waals surface area contributed by atoms with E-state index in [4.69, 9.17) is 9.47 Å². The van der Waals surface area contributed by atoms with E-state index < -0.39 is 12.0 Å². The van der Waals surface area contributed by atoms with Gasteiger partial charge in [0.25, 0.3) is 5.56 Å². The second-order valence-electron chi connectivity index (χ2n) is 6.36. The van der Waals surface area contributed by atoms with Gasteiger partial charge in [-0.05, 0) is 42.1 Å². The SMILES string of the molecule is COC(=O)C1=C(C)N=c2s/c(=C\c3cccs3)c(=O)n2[C@@H]1c1ccc(OC)cc1. The lowest BCUT2D eigenvalue weighted by Gasteiger charge is -2.24. The molecule has 0 radical (unpaired) electrons. The third-order valence-corrected chi connectivity index (χ3v) is 6.48. The quantitative estimate of drug-likeness (QED) is 0.601. The molecule has 0 N–H and O–H groups in total. The number of hydrogen-bond donors (Lipinski definition) is 0. The maximum Gasteiger partial charge on any atom is 0.338 e. The number of carbonyl (C=O) groups is 1. The summed E-state index contributed by atoms with van der Waals surface area (Å²) in [6, 6.07) is 10.6. The van der Waals surface area contributed by atoms with Crippen molar-refractivity contribution in [3.8, 4) is 5.75 Å². The summed E-state index contributed by atoms with van der Waals surface area (Å²) < 4.78 is 12.4. The van der Waals surface area contributed by atoms with Crippen molar-refractivity contribution in [2.24, 2.45) is 4.99 Å². The number of ether oxygens (including phenoxy) is 2. The van der Waals surface area contributed by atoms with Gasteiger partial charge in [-0.3, -0.25) is 9.36 Å². The third-order valence-electron chi connectivity index (χ3n) is 4.68. The first-order valence-electron chi connectivity index (χ1n) is 8.82. The normalized spacial score (nSPS) is 16.4. The Morgan fingerprint density at radius 3 is 2.59 bits per heavy atom. The number of thiazole rings is 1. The van der Waals surface area contributed by atoms with Crippen molar-refractivity contribution in [1.29, 1.82) is 0 Å². The summed E-state index contributed by atoms with van der Waals surface area (Å²) >= 11 is 2.87. The van der Waals surface area contributed by atoms with E-state index in [2.05, 4.69) is 4.99 Å². The molecule has 3 heterocycles. The number of rotatable bonds is 4. The first-order chi connectivity index (χ1) is 14.0. The Bertz CT molecular complexity index is 1270. The number of thiophene rings is 1. The molecule has 29 heavy (non-hydrogen) atoms. The van der Waals surface area contributed by atoms with Crippen LogP contribution in [0, 0.1) is 0 Å². The van der Waals surface area contributed by atoms with Crippen LogP contribution in [0.4, 0.5) is 0 Å². The Labute approximate surface area is 174 Å². The Kier molecular flexibility index (Phi) is 5.21. The first kappa shape index (κ1) is 19.4. The van der Waals surface area contributed by atoms with Crippen LogP contribution in [0.15, 0.2) is 62.8 Å². The number of aromatic nitrogens is 1. The molecule has 3 aromatic rings. The van der Waals surface area contributed by atoms with Crippen molar-refractivity contribution >= 4 is 34.7 Å². The van der Waals surface area contributed by atoms with Crippen LogP contribution in [0.1, 0.15) is 23.4 Å². The van der Waals surface area contributed by atoms with Gasteiger partial charge in [-0.25, -0.2) is 9.79 Å². The molecule has 2 aromatic heterocycles. The zero-order valence-electron chi connectivity index (χ0n) is 16.0. The lowest BCUT2D eigenvalue weighted by Crippen LogP contribution is -2.39. The average Bonchev–Trinajstić information content (AvgIpc) is 3.35. The largest absolute Gasteiger partial charge is 0.497 e. The summed E-state index contributed by atoms with van der Waals surface area (Å²) in [6.07, 6.45) is 1.86. The maximum absolute atomic E-state index is 13.3. The molecule has 0 amide bonds. The molecule has 1 aliphatic rings. The lowest BCUT2D eigenvalue weighted by molar-refractivity contribution is -0.136. The number of fused-ring (bicyclic) bond motifs is 1. The summed E-state index contributed by atoms with van der Waals surface area (Å²) in [5, 5.41) is 1.96. The monoisotopic (exact) mass is 426 g/mol. The van der Waals surface area contributed by atoms with Crippen molar-refractivity contribution in [3.05, 3.63) is 83.2 Å². The van der Waals surface area contributed by atoms with E-state index in [1.165, 1.54) is 18.4 Å². The molecule has 8 heteroatoms. The minimum Gasteiger partial charge on any atom is -0.497 e. The predicted molar refractivity (Wildman–Crippen MR) is 113 cm³/mol. The summed E-state index contributed by atoms with van der Waals surface area (Å²) in [7, 11) is 2.92. The van der Waals surface area contributed by atoms with Gasteiger partial charge in [0.05, 0.1) is 36.1 Å². The molecule has 1 atom stereocenters. The molecule has 0 spiro atoms. The smallest absolute Gasteiger partial charge is 0.338 e. The second kappa shape index (κ2) is 7.81. The summed E-state index contributed by atoms with van der Waals surface area (Å²) in [5.74, 6) is 0.193. The van der Waals surface area contributed by atoms with E-state index in [9.17, 15) is 9.59 Å². The Morgan fingerprint density at radius 2 is 1.97 bits per heavy atom. The van der Waals surface area contributed by atoms with Gasteiger partial charge in [-0.15, -0.1) is 11.3 Å². The van der Waals surface area contributed by atoms with Crippen molar-refractivity contribution in [2.75, 3.05) is 14.2 Å². The van der Waals surface area contributed by atoms with Crippen LogP contribution in [0.3, 0.4) is 0 Å². The van der Waals surface area contributed by atoms with Crippen LogP contribution < -0.4 is 19.6 Å². The van der Waals surface area contributed by atoms with Crippen molar-refractivity contribution in [3.63, 3.8) is 0 Å². The van der Waals surface area contributed by atoms with Crippen LogP contribution in [-0.2, 0) is 9.53 Å². The summed E-state index contributed by atoms with van der Waals surface area (Å²) in [5.41, 5.74) is 1.50. The van der Waals surface area contributed by atoms with Gasteiger partial charge >= 0.3 is 5.97 Å². The molecule has 0 bridgehead atoms. The fraction of sp³-hybridized carbons (Fsp3) is 0.190. The molecule has 148 valence electrons. The predicted octanol–water partition coefficient (Wildman–Crippen LogP) is 2.48. The molecule has 0 unspecified atom stereocenters. The number of methoxy groups -OCH3 is 2. The number of nitrogens with zero attached hydrogens (tertiary/aromatic N) is 2. The van der Waals surface area contributed by atoms with Crippen LogP contribution in [0.25, 0.3) is 6.08 Å². The number of hydrogen-bond acceptors (Lipinski definition) is 7. The molecule has 0 saturated heterocycles. The topological polar surface area (TPSA) is 69.9 Å². The van der Waals surface area contributed by atoms with Crippen molar-refractivity contribution in [1.82, 2.24) is 4.57 Å². The molecule has 6 nitrogen and oxygen atoms in total. The van der Waals surface area contributed by atoms with Gasteiger partial charge in [-0.2, -0.15) is 0 Å². The number of allylic oxidation sites excluding steroid dienone is 1. The first-order valence-corrected chi connectivity index (χ1v) is 10.5. The van der Waals surface area contributed by atoms with Crippen LogP contribution in [-0.4, -0.2) is 24.8 Å². The minimum atomic E-state index is -0.616. The average molecular weight is 427 g/mol. The van der Waals surface area contributed by atoms with E-state index in [0.717, 1.165) is 10.4 Å². The standard InChI is InChI=1S/C21H18N2O4S2/c1-12-17(20(25)27-3)18(13-6-8-14(26-2)9-7-13)23-19(24)16(29-21(23)22-12)11-15-5-4-10-28-15/h4-11,18H,1-3H3/b16-11-/t18-/m1/s1. The molecule has 4 rings (SSSR count). The highest BCUT2D eigenvalue weighted by Gasteiger charge is 2.33. The van der Waals surface area contributed by atoms with Gasteiger partial charge < -0.3 is 9.47 Å². The number of benzene rings is 1. The maximum atomic E-state index is 13.3. The molecule has 1 aliphatic heterocycles. The Morgan fingerprint density at radius 1 is 1.21 bits per heavy atom. The second-order valence-corrected chi connectivity index (χ2v) is 8.35. The zero-order chi connectivity index (χ0) is 20.5. The Hall–Kier alpha value is -2.97. The Balaban J connectivity index is 1.97. The van der Waals surface area contributed by atoms with Crippen LogP contribution in [0.5, 0.6) is 5.75 Å². The molecular weight excluding hydrogens is 408 g/mol. The fourth-order valence-electron chi connectivity index (χ4n) is 3.30. The highest BCUT2D eigenvalue weighted by atomic mass is 32.1. The van der Waals surface area contributed by atoms with E-state index >= 15 is 0 Å². The lowest BCUT2D eigenvalue weighted by atomic mass is 9.96. The van der Waals surface area contributed by atoms with E-state index in [-0.39, 0.29) is 5.56 Å². The minimum absolute atomic E-state index is 0.183. The summed E-state index contributed by atoms with van der Waals surface area (Å²) in [4.78, 5) is 32.0. The van der Waals surface area contributed by atoms with Gasteiger partial charge in [-0.1, -0.05) is 29.5 Å². The van der Waals surface area contributed by atoms with E-state index in [0.29, 0.717) is 26.4 Å². The molecule has 1 aromatic carbocycles. The van der Waals surface area contributed by atoms with E-state index in [1.54, 1.807) is 42.1 Å². The molecule has 0 aliphatic carbocycles. The van der Waals surface area contributed by atoms with Crippen molar-refractivity contribution in [2.45, 2.75) is 13.0 Å². The summed E-state index contributed by atoms with van der Waals surface area (Å²) in [6.45, 7) is 1.76. The van der Waals surface area contributed by atoms with Gasteiger partial charge in [0.15, 0.2) is 4.80 Å². The van der Waals surface area contributed by atoms with E-state index in [1.807, 2.05) is 35.7 Å². The van der Waals surface area contributed by atoms with Gasteiger partial charge in [0.1, 0.15) is 5.75 Å². The zero-order valence-corrected chi connectivity index (χ0v) is 17.7. The third kappa shape index (κ3) is 3.45. The fourth-order valence-corrected chi connectivity index (χ4v) is 5.07. The highest BCUT2D eigenvalue weighted by molar-refractivity contribution is 7.11. The highest BCUT2D eigenvalue weighted by Crippen LogP contribution is 2.31. The number of carbonyl (C=O) groups excluding carboxylic acids is 1. The molecule has 0 saturated carbocycles. The van der Waals surface area contributed by atoms with Gasteiger partial charge in [0.2, 0.25) is 0 Å². The molecular formula is C21H18N2O4S2. The number of esters is 1.